The molecule has 0 rings (SSSR count). The maximum absolute atomic E-state index is 10.4. The van der Waals surface area contributed by atoms with Crippen LogP contribution >= 0.6 is 0 Å². The smallest absolute Gasteiger partial charge is 0.303 e. The highest BCUT2D eigenvalue weighted by Crippen LogP contribution is 1.98. The van der Waals surface area contributed by atoms with Crippen molar-refractivity contribution in [3.8, 4) is 0 Å². The highest BCUT2D eigenvalue weighted by Gasteiger charge is 2.06. The third-order valence-electron chi connectivity index (χ3n) is 1.22. The summed E-state index contributed by atoms with van der Waals surface area (Å²) in [5.41, 5.74) is 0. The molecule has 0 fully saturated rings. The van der Waals surface area contributed by atoms with Gasteiger partial charge in [0.1, 0.15) is 0 Å². The van der Waals surface area contributed by atoms with Gasteiger partial charge < -0.3 is 10.4 Å². The summed E-state index contributed by atoms with van der Waals surface area (Å²) in [4.78, 5) is 20.5. The molecule has 0 saturated carbocycles. The highest BCUT2D eigenvalue weighted by atomic mass is 16.4. The Bertz CT molecular complexity index is 156. The zero-order valence-electron chi connectivity index (χ0n) is 6.76. The molecular weight excluding hydrogens is 146 g/mol. The van der Waals surface area contributed by atoms with E-state index in [0.29, 0.717) is 6.54 Å². The van der Waals surface area contributed by atoms with E-state index >= 15 is 0 Å². The van der Waals surface area contributed by atoms with Crippen molar-refractivity contribution in [2.45, 2.75) is 20.3 Å². The van der Waals surface area contributed by atoms with Crippen molar-refractivity contribution >= 4 is 11.9 Å². The first kappa shape index (κ1) is 9.94. The Hall–Kier alpha value is -1.06. The summed E-state index contributed by atoms with van der Waals surface area (Å²) in [6.45, 7) is 3.62. The van der Waals surface area contributed by atoms with Gasteiger partial charge in [0.2, 0.25) is 5.91 Å². The van der Waals surface area contributed by atoms with E-state index in [1.165, 1.54) is 6.92 Å². The van der Waals surface area contributed by atoms with Crippen LogP contribution < -0.4 is 5.32 Å². The molecule has 0 unspecified atom stereocenters. The number of carboxylic acids is 1. The van der Waals surface area contributed by atoms with Crippen LogP contribution in [-0.4, -0.2) is 23.5 Å². The first-order valence-electron chi connectivity index (χ1n) is 3.48. The fraction of sp³-hybridized carbons (Fsp3) is 0.714. The summed E-state index contributed by atoms with van der Waals surface area (Å²) >= 11 is 0. The van der Waals surface area contributed by atoms with Gasteiger partial charge >= 0.3 is 5.97 Å². The summed E-state index contributed by atoms with van der Waals surface area (Å²) in [6, 6.07) is 0. The van der Waals surface area contributed by atoms with Gasteiger partial charge in [-0.3, -0.25) is 9.59 Å². The molecule has 0 spiro atoms. The highest BCUT2D eigenvalue weighted by molar-refractivity contribution is 5.73. The SMILES string of the molecule is CC(=O)NC[C@@H](C)CC(=O)O. The maximum atomic E-state index is 10.4. The summed E-state index contributed by atoms with van der Waals surface area (Å²) in [5, 5.41) is 10.9. The second-order valence-electron chi connectivity index (χ2n) is 2.64. The quantitative estimate of drug-likeness (QED) is 0.617. The molecule has 1 amide bonds. The van der Waals surface area contributed by atoms with Gasteiger partial charge in [0, 0.05) is 19.9 Å². The largest absolute Gasteiger partial charge is 0.481 e. The first-order chi connectivity index (χ1) is 5.02. The van der Waals surface area contributed by atoms with Crippen molar-refractivity contribution in [3.05, 3.63) is 0 Å². The minimum atomic E-state index is -0.831. The molecule has 2 N–H and O–H groups in total. The Balaban J connectivity index is 3.44. The molecule has 4 nitrogen and oxygen atoms in total. The van der Waals surface area contributed by atoms with E-state index in [1.807, 2.05) is 0 Å². The van der Waals surface area contributed by atoms with Gasteiger partial charge in [-0.25, -0.2) is 0 Å². The number of hydrogen-bond acceptors (Lipinski definition) is 2. The number of aliphatic carboxylic acids is 1. The summed E-state index contributed by atoms with van der Waals surface area (Å²) in [7, 11) is 0. The maximum Gasteiger partial charge on any atom is 0.303 e. The van der Waals surface area contributed by atoms with E-state index in [4.69, 9.17) is 5.11 Å². The number of nitrogens with one attached hydrogen (secondary N) is 1. The average Bonchev–Trinajstić information content (AvgIpc) is 1.82. The summed E-state index contributed by atoms with van der Waals surface area (Å²) < 4.78 is 0. The molecule has 0 aliphatic heterocycles. The number of carbonyl (C=O) groups is 2. The second kappa shape index (κ2) is 4.71. The van der Waals surface area contributed by atoms with Crippen LogP contribution in [-0.2, 0) is 9.59 Å². The van der Waals surface area contributed by atoms with Crippen LogP contribution in [0.1, 0.15) is 20.3 Å². The first-order valence-corrected chi connectivity index (χ1v) is 3.48. The lowest BCUT2D eigenvalue weighted by atomic mass is 10.1. The van der Waals surface area contributed by atoms with Crippen molar-refractivity contribution in [1.82, 2.24) is 5.32 Å². The van der Waals surface area contributed by atoms with Crippen molar-refractivity contribution < 1.29 is 14.7 Å². The third-order valence-corrected chi connectivity index (χ3v) is 1.22. The molecule has 4 heteroatoms. The van der Waals surface area contributed by atoms with Gasteiger partial charge in [-0.05, 0) is 5.92 Å². The molecule has 0 saturated heterocycles. The van der Waals surface area contributed by atoms with Crippen molar-refractivity contribution in [2.24, 2.45) is 5.92 Å². The molecule has 0 bridgehead atoms. The topological polar surface area (TPSA) is 66.4 Å². The van der Waals surface area contributed by atoms with Gasteiger partial charge in [-0.2, -0.15) is 0 Å². The lowest BCUT2D eigenvalue weighted by Crippen LogP contribution is -2.26. The molecule has 0 aromatic rings. The molecule has 11 heavy (non-hydrogen) atoms. The Kier molecular flexibility index (Phi) is 4.26. The van der Waals surface area contributed by atoms with E-state index in [9.17, 15) is 9.59 Å². The third kappa shape index (κ3) is 6.83. The molecule has 64 valence electrons. The lowest BCUT2D eigenvalue weighted by Gasteiger charge is -2.07. The van der Waals surface area contributed by atoms with E-state index in [0.717, 1.165) is 0 Å². The van der Waals surface area contributed by atoms with E-state index in [1.54, 1.807) is 6.92 Å². The van der Waals surface area contributed by atoms with Crippen LogP contribution in [0.3, 0.4) is 0 Å². The Labute approximate surface area is 65.6 Å². The molecule has 0 radical (unpaired) electrons. The molecular formula is C7H13NO3. The normalized spacial score (nSPS) is 12.2. The lowest BCUT2D eigenvalue weighted by molar-refractivity contribution is -0.138. The van der Waals surface area contributed by atoms with Crippen LogP contribution in [0, 0.1) is 5.92 Å². The molecule has 0 aromatic heterocycles. The number of carbonyl (C=O) groups excluding carboxylic acids is 1. The van der Waals surface area contributed by atoms with Gasteiger partial charge in [-0.1, -0.05) is 6.92 Å². The average molecular weight is 159 g/mol. The van der Waals surface area contributed by atoms with E-state index in [-0.39, 0.29) is 18.2 Å². The minimum absolute atomic E-state index is 0.00333. The standard InChI is InChI=1S/C7H13NO3/c1-5(3-7(10)11)4-8-6(2)9/h5H,3-4H2,1-2H3,(H,8,9)(H,10,11)/t5-/m0/s1. The summed E-state index contributed by atoms with van der Waals surface area (Å²) in [5.74, 6) is -0.957. The predicted octanol–water partition coefficient (Wildman–Crippen LogP) is 0.233. The van der Waals surface area contributed by atoms with Crippen LogP contribution in [0.4, 0.5) is 0 Å². The Morgan fingerprint density at radius 2 is 2.09 bits per heavy atom. The molecule has 0 aliphatic carbocycles. The predicted molar refractivity (Wildman–Crippen MR) is 40.1 cm³/mol. The molecule has 0 heterocycles. The zero-order valence-corrected chi connectivity index (χ0v) is 6.76. The minimum Gasteiger partial charge on any atom is -0.481 e. The molecule has 0 aliphatic rings. The molecule has 0 aromatic carbocycles. The van der Waals surface area contributed by atoms with Gasteiger partial charge in [0.05, 0.1) is 0 Å². The van der Waals surface area contributed by atoms with E-state index in [2.05, 4.69) is 5.32 Å². The van der Waals surface area contributed by atoms with Gasteiger partial charge in [0.15, 0.2) is 0 Å². The van der Waals surface area contributed by atoms with Crippen molar-refractivity contribution in [1.29, 1.82) is 0 Å². The van der Waals surface area contributed by atoms with Crippen LogP contribution in [0.15, 0.2) is 0 Å². The number of amides is 1. The Morgan fingerprint density at radius 3 is 2.45 bits per heavy atom. The van der Waals surface area contributed by atoms with Crippen LogP contribution in [0.25, 0.3) is 0 Å². The fourth-order valence-corrected chi connectivity index (χ4v) is 0.688. The Morgan fingerprint density at radius 1 is 1.55 bits per heavy atom. The van der Waals surface area contributed by atoms with E-state index < -0.39 is 5.97 Å². The fourth-order valence-electron chi connectivity index (χ4n) is 0.688. The zero-order chi connectivity index (χ0) is 8.85. The number of rotatable bonds is 4. The van der Waals surface area contributed by atoms with Crippen LogP contribution in [0.2, 0.25) is 0 Å². The van der Waals surface area contributed by atoms with Gasteiger partial charge in [-0.15, -0.1) is 0 Å². The molecule has 1 atom stereocenters. The van der Waals surface area contributed by atoms with Crippen molar-refractivity contribution in [3.63, 3.8) is 0 Å². The monoisotopic (exact) mass is 159 g/mol. The van der Waals surface area contributed by atoms with Crippen molar-refractivity contribution in [2.75, 3.05) is 6.54 Å². The summed E-state index contributed by atoms with van der Waals surface area (Å²) in [6.07, 6.45) is 0.0975. The number of carboxylic acid groups (broad SMARTS) is 1. The van der Waals surface area contributed by atoms with Crippen LogP contribution in [0.5, 0.6) is 0 Å². The van der Waals surface area contributed by atoms with Gasteiger partial charge in [0.25, 0.3) is 0 Å². The number of hydrogen-bond donors (Lipinski definition) is 2. The second-order valence-corrected chi connectivity index (χ2v) is 2.64.